The SMILES string of the molecule is O=C(C1CC1)N1CCN(c2ncc([N+](=O)[O-])c(N3CCN(C(=O)C4CC4)CC3)n2)CC1. The Bertz CT molecular complexity index is 886. The first kappa shape index (κ1) is 20.0. The van der Waals surface area contributed by atoms with Gasteiger partial charge in [-0.25, -0.2) is 4.98 Å². The fourth-order valence-electron chi connectivity index (χ4n) is 4.31. The van der Waals surface area contributed by atoms with Gasteiger partial charge in [-0.2, -0.15) is 4.98 Å². The molecule has 0 unspecified atom stereocenters. The van der Waals surface area contributed by atoms with E-state index in [9.17, 15) is 19.7 Å². The van der Waals surface area contributed by atoms with Gasteiger partial charge in [-0.3, -0.25) is 19.7 Å². The van der Waals surface area contributed by atoms with Crippen molar-refractivity contribution in [1.82, 2.24) is 19.8 Å². The standard InChI is InChI=1S/C20H27N7O4/c28-18(14-1-2-14)24-7-5-23(6-8-24)17-16(27(30)31)13-21-20(22-17)26-11-9-25(10-12-26)19(29)15-3-4-15/h13-15H,1-12H2. The van der Waals surface area contributed by atoms with Gasteiger partial charge in [0.2, 0.25) is 23.6 Å². The molecular weight excluding hydrogens is 402 g/mol. The number of aromatic nitrogens is 2. The van der Waals surface area contributed by atoms with Crippen molar-refractivity contribution < 1.29 is 14.5 Å². The third kappa shape index (κ3) is 4.13. The number of carbonyl (C=O) groups excluding carboxylic acids is 2. The molecule has 11 heteroatoms. The van der Waals surface area contributed by atoms with Gasteiger partial charge in [0.15, 0.2) is 0 Å². The van der Waals surface area contributed by atoms with Crippen molar-refractivity contribution in [3.63, 3.8) is 0 Å². The monoisotopic (exact) mass is 429 g/mol. The van der Waals surface area contributed by atoms with E-state index in [1.165, 1.54) is 6.20 Å². The average Bonchev–Trinajstić information content (AvgIpc) is 3.71. The van der Waals surface area contributed by atoms with E-state index in [1.807, 2.05) is 19.6 Å². The van der Waals surface area contributed by atoms with Crippen molar-refractivity contribution >= 4 is 29.3 Å². The lowest BCUT2D eigenvalue weighted by Gasteiger charge is -2.37. The van der Waals surface area contributed by atoms with E-state index in [4.69, 9.17) is 0 Å². The van der Waals surface area contributed by atoms with Crippen LogP contribution >= 0.6 is 0 Å². The maximum Gasteiger partial charge on any atom is 0.329 e. The summed E-state index contributed by atoms with van der Waals surface area (Å²) < 4.78 is 0. The molecule has 166 valence electrons. The highest BCUT2D eigenvalue weighted by Gasteiger charge is 2.37. The minimum atomic E-state index is -0.451. The van der Waals surface area contributed by atoms with Gasteiger partial charge in [0.05, 0.1) is 4.92 Å². The highest BCUT2D eigenvalue weighted by atomic mass is 16.6. The lowest BCUT2D eigenvalue weighted by molar-refractivity contribution is -0.384. The number of amides is 2. The number of hydrogen-bond donors (Lipinski definition) is 0. The van der Waals surface area contributed by atoms with Crippen molar-refractivity contribution in [1.29, 1.82) is 0 Å². The van der Waals surface area contributed by atoms with E-state index in [0.29, 0.717) is 64.1 Å². The zero-order valence-corrected chi connectivity index (χ0v) is 17.5. The van der Waals surface area contributed by atoms with Crippen LogP contribution in [-0.4, -0.2) is 88.9 Å². The Kier molecular flexibility index (Phi) is 5.11. The van der Waals surface area contributed by atoms with Gasteiger partial charge >= 0.3 is 5.69 Å². The third-order valence-electron chi connectivity index (χ3n) is 6.55. The zero-order valence-electron chi connectivity index (χ0n) is 17.5. The molecule has 1 aromatic rings. The van der Waals surface area contributed by atoms with Crippen LogP contribution in [0.15, 0.2) is 6.20 Å². The van der Waals surface area contributed by atoms with Crippen molar-refractivity contribution in [2.45, 2.75) is 25.7 Å². The van der Waals surface area contributed by atoms with E-state index in [-0.39, 0.29) is 29.3 Å². The molecule has 0 spiro atoms. The van der Waals surface area contributed by atoms with Crippen molar-refractivity contribution in [2.24, 2.45) is 11.8 Å². The quantitative estimate of drug-likeness (QED) is 0.491. The second kappa shape index (κ2) is 7.93. The molecule has 4 fully saturated rings. The number of piperazine rings is 2. The van der Waals surface area contributed by atoms with Crippen LogP contribution < -0.4 is 9.80 Å². The van der Waals surface area contributed by atoms with Gasteiger partial charge < -0.3 is 19.6 Å². The molecule has 1 aromatic heterocycles. The molecule has 2 aliphatic heterocycles. The summed E-state index contributed by atoms with van der Waals surface area (Å²) in [5.41, 5.74) is -0.117. The maximum absolute atomic E-state index is 12.3. The van der Waals surface area contributed by atoms with E-state index in [0.717, 1.165) is 25.7 Å². The van der Waals surface area contributed by atoms with Crippen molar-refractivity contribution in [3.05, 3.63) is 16.3 Å². The van der Waals surface area contributed by atoms with Crippen LogP contribution in [0.4, 0.5) is 17.5 Å². The first-order valence-corrected chi connectivity index (χ1v) is 11.1. The molecule has 2 amide bonds. The fraction of sp³-hybridized carbons (Fsp3) is 0.700. The second-order valence-corrected chi connectivity index (χ2v) is 8.81. The number of rotatable bonds is 5. The summed E-state index contributed by atoms with van der Waals surface area (Å²) in [5.74, 6) is 1.59. The van der Waals surface area contributed by atoms with Gasteiger partial charge in [-0.1, -0.05) is 0 Å². The van der Waals surface area contributed by atoms with Crippen LogP contribution in [-0.2, 0) is 9.59 Å². The van der Waals surface area contributed by atoms with Crippen LogP contribution in [0.3, 0.4) is 0 Å². The van der Waals surface area contributed by atoms with Crippen molar-refractivity contribution in [3.8, 4) is 0 Å². The lowest BCUT2D eigenvalue weighted by Crippen LogP contribution is -2.50. The fourth-order valence-corrected chi connectivity index (χ4v) is 4.31. The molecule has 2 aliphatic carbocycles. The summed E-state index contributed by atoms with van der Waals surface area (Å²) >= 11 is 0. The summed E-state index contributed by atoms with van der Waals surface area (Å²) in [7, 11) is 0. The highest BCUT2D eigenvalue weighted by Crippen LogP contribution is 2.33. The summed E-state index contributed by atoms with van der Waals surface area (Å²) in [6, 6.07) is 0. The van der Waals surface area contributed by atoms with E-state index in [1.54, 1.807) is 0 Å². The third-order valence-corrected chi connectivity index (χ3v) is 6.55. The lowest BCUT2D eigenvalue weighted by atomic mass is 10.2. The van der Waals surface area contributed by atoms with Crippen LogP contribution in [0.1, 0.15) is 25.7 Å². The summed E-state index contributed by atoms with van der Waals surface area (Å²) in [6.07, 6.45) is 5.21. The molecule has 0 N–H and O–H groups in total. The molecule has 0 aromatic carbocycles. The van der Waals surface area contributed by atoms with Crippen molar-refractivity contribution in [2.75, 3.05) is 62.2 Å². The number of carbonyl (C=O) groups is 2. The number of nitro groups is 1. The Morgan fingerprint density at radius 2 is 1.32 bits per heavy atom. The Morgan fingerprint density at radius 1 is 0.839 bits per heavy atom. The second-order valence-electron chi connectivity index (χ2n) is 8.81. The van der Waals surface area contributed by atoms with Crippen LogP contribution in [0.25, 0.3) is 0 Å². The van der Waals surface area contributed by atoms with E-state index >= 15 is 0 Å². The largest absolute Gasteiger partial charge is 0.347 e. The number of anilines is 2. The molecule has 2 saturated carbocycles. The molecule has 0 radical (unpaired) electrons. The maximum atomic E-state index is 12.3. The van der Waals surface area contributed by atoms with Gasteiger partial charge in [0.25, 0.3) is 0 Å². The molecule has 0 bridgehead atoms. The minimum Gasteiger partial charge on any atom is -0.347 e. The molecule has 2 saturated heterocycles. The van der Waals surface area contributed by atoms with Crippen LogP contribution in [0.5, 0.6) is 0 Å². The Morgan fingerprint density at radius 3 is 1.77 bits per heavy atom. The first-order chi connectivity index (χ1) is 15.0. The predicted molar refractivity (Wildman–Crippen MR) is 112 cm³/mol. The van der Waals surface area contributed by atoms with Gasteiger partial charge in [-0.15, -0.1) is 0 Å². The molecule has 0 atom stereocenters. The van der Waals surface area contributed by atoms with E-state index in [2.05, 4.69) is 9.97 Å². The number of nitrogens with zero attached hydrogens (tertiary/aromatic N) is 7. The molecular formula is C20H27N7O4. The molecule has 11 nitrogen and oxygen atoms in total. The number of hydrogen-bond acceptors (Lipinski definition) is 8. The first-order valence-electron chi connectivity index (χ1n) is 11.1. The van der Waals surface area contributed by atoms with Crippen LogP contribution in [0.2, 0.25) is 0 Å². The minimum absolute atomic E-state index is 0.117. The molecule has 3 heterocycles. The zero-order chi connectivity index (χ0) is 21.5. The topological polar surface area (TPSA) is 116 Å². The Labute approximate surface area is 180 Å². The summed E-state index contributed by atoms with van der Waals surface area (Å²) in [5, 5.41) is 11.6. The predicted octanol–water partition coefficient (Wildman–Crippen LogP) is 0.502. The normalized spacial score (nSPS) is 21.9. The highest BCUT2D eigenvalue weighted by molar-refractivity contribution is 5.82. The van der Waals surface area contributed by atoms with Gasteiger partial charge in [-0.05, 0) is 25.7 Å². The average molecular weight is 429 g/mol. The Balaban J connectivity index is 1.27. The van der Waals surface area contributed by atoms with Gasteiger partial charge in [0, 0.05) is 64.2 Å². The van der Waals surface area contributed by atoms with Crippen LogP contribution in [0, 0.1) is 22.0 Å². The molecule has 4 aliphatic rings. The summed E-state index contributed by atoms with van der Waals surface area (Å²) in [4.78, 5) is 52.1. The van der Waals surface area contributed by atoms with E-state index < -0.39 is 4.92 Å². The van der Waals surface area contributed by atoms with Gasteiger partial charge in [0.1, 0.15) is 6.20 Å². The summed E-state index contributed by atoms with van der Waals surface area (Å²) in [6.45, 7) is 4.58. The molecule has 31 heavy (non-hydrogen) atoms. The Hall–Kier alpha value is -2.98. The molecule has 5 rings (SSSR count). The smallest absolute Gasteiger partial charge is 0.329 e.